The lowest BCUT2D eigenvalue weighted by atomic mass is 10.1. The Morgan fingerprint density at radius 3 is 2.65 bits per heavy atom. The molecule has 0 fully saturated rings. The Morgan fingerprint density at radius 1 is 1.30 bits per heavy atom. The highest BCUT2D eigenvalue weighted by Crippen LogP contribution is 2.22. The van der Waals surface area contributed by atoms with Crippen molar-refractivity contribution in [2.24, 2.45) is 5.73 Å². The van der Waals surface area contributed by atoms with Gasteiger partial charge in [0.1, 0.15) is 4.88 Å². The fourth-order valence-corrected chi connectivity index (χ4v) is 2.66. The molecule has 0 saturated heterocycles. The predicted octanol–water partition coefficient (Wildman–Crippen LogP) is 2.93. The summed E-state index contributed by atoms with van der Waals surface area (Å²) in [5.74, 6) is 5.57. The molecule has 4 heteroatoms. The van der Waals surface area contributed by atoms with Crippen molar-refractivity contribution in [3.8, 4) is 11.8 Å². The first-order valence-corrected chi connectivity index (χ1v) is 7.15. The number of nitrogens with one attached hydrogen (secondary N) is 1. The predicted molar refractivity (Wildman–Crippen MR) is 84.1 cm³/mol. The zero-order valence-electron chi connectivity index (χ0n) is 11.5. The minimum Gasteiger partial charge on any atom is -0.321 e. The molecule has 0 atom stereocenters. The molecule has 3 N–H and O–H groups in total. The number of anilines is 1. The number of rotatable bonds is 2. The van der Waals surface area contributed by atoms with Crippen molar-refractivity contribution in [3.63, 3.8) is 0 Å². The molecule has 0 aliphatic heterocycles. The van der Waals surface area contributed by atoms with Crippen molar-refractivity contribution in [3.05, 3.63) is 51.2 Å². The van der Waals surface area contributed by atoms with Gasteiger partial charge in [-0.05, 0) is 36.4 Å². The molecule has 1 aromatic carbocycles. The summed E-state index contributed by atoms with van der Waals surface area (Å²) < 4.78 is 0. The van der Waals surface area contributed by atoms with E-state index in [1.807, 2.05) is 43.5 Å². The van der Waals surface area contributed by atoms with Gasteiger partial charge in [0.15, 0.2) is 0 Å². The summed E-state index contributed by atoms with van der Waals surface area (Å²) in [7, 11) is 0. The number of hydrogen-bond acceptors (Lipinski definition) is 3. The van der Waals surface area contributed by atoms with Gasteiger partial charge in [-0.2, -0.15) is 0 Å². The zero-order chi connectivity index (χ0) is 14.5. The van der Waals surface area contributed by atoms with Crippen LogP contribution in [0.2, 0.25) is 0 Å². The molecule has 2 aromatic rings. The maximum absolute atomic E-state index is 12.4. The van der Waals surface area contributed by atoms with Crippen LogP contribution in [-0.2, 0) is 0 Å². The molecule has 102 valence electrons. The molecule has 1 amide bonds. The van der Waals surface area contributed by atoms with Gasteiger partial charge in [-0.3, -0.25) is 4.79 Å². The Labute approximate surface area is 122 Å². The van der Waals surface area contributed by atoms with Gasteiger partial charge in [-0.1, -0.05) is 30.0 Å². The summed E-state index contributed by atoms with van der Waals surface area (Å²) in [6, 6.07) is 7.77. The number of hydrogen-bond donors (Lipinski definition) is 2. The van der Waals surface area contributed by atoms with Crippen molar-refractivity contribution in [1.29, 1.82) is 0 Å². The van der Waals surface area contributed by atoms with E-state index >= 15 is 0 Å². The second-order valence-electron chi connectivity index (χ2n) is 4.39. The second-order valence-corrected chi connectivity index (χ2v) is 5.31. The lowest BCUT2D eigenvalue weighted by Crippen LogP contribution is -2.13. The molecule has 0 aliphatic carbocycles. The lowest BCUT2D eigenvalue weighted by Gasteiger charge is -2.10. The average Bonchev–Trinajstić information content (AvgIpc) is 2.89. The summed E-state index contributed by atoms with van der Waals surface area (Å²) in [6.45, 7) is 4.24. The second kappa shape index (κ2) is 6.38. The van der Waals surface area contributed by atoms with E-state index in [0.717, 1.165) is 22.4 Å². The third-order valence-electron chi connectivity index (χ3n) is 2.92. The van der Waals surface area contributed by atoms with Gasteiger partial charge < -0.3 is 11.1 Å². The fourth-order valence-electron chi connectivity index (χ4n) is 1.91. The largest absolute Gasteiger partial charge is 0.321 e. The molecular formula is C16H16N2OS. The molecule has 0 aliphatic rings. The summed E-state index contributed by atoms with van der Waals surface area (Å²) in [5, 5.41) is 4.83. The maximum Gasteiger partial charge on any atom is 0.267 e. The summed E-state index contributed by atoms with van der Waals surface area (Å²) in [6.07, 6.45) is 0. The van der Waals surface area contributed by atoms with Crippen LogP contribution in [0.5, 0.6) is 0 Å². The van der Waals surface area contributed by atoms with Crippen molar-refractivity contribution in [1.82, 2.24) is 0 Å². The Bertz CT molecular complexity index is 672. The zero-order valence-corrected chi connectivity index (χ0v) is 12.3. The number of para-hydroxylation sites is 1. The number of benzene rings is 1. The Morgan fingerprint density at radius 2 is 2.00 bits per heavy atom. The number of carbonyl (C=O) groups is 1. The van der Waals surface area contributed by atoms with Gasteiger partial charge in [0, 0.05) is 11.3 Å². The van der Waals surface area contributed by atoms with E-state index in [2.05, 4.69) is 17.2 Å². The molecule has 20 heavy (non-hydrogen) atoms. The number of amides is 1. The molecule has 3 nitrogen and oxygen atoms in total. The van der Waals surface area contributed by atoms with Crippen molar-refractivity contribution < 1.29 is 4.79 Å². The summed E-state index contributed by atoms with van der Waals surface area (Å²) >= 11 is 1.38. The van der Waals surface area contributed by atoms with E-state index in [9.17, 15) is 4.79 Å². The highest BCUT2D eigenvalue weighted by atomic mass is 32.1. The van der Waals surface area contributed by atoms with Gasteiger partial charge in [-0.25, -0.2) is 0 Å². The summed E-state index contributed by atoms with van der Waals surface area (Å²) in [4.78, 5) is 13.0. The van der Waals surface area contributed by atoms with Crippen molar-refractivity contribution in [2.45, 2.75) is 13.8 Å². The fraction of sp³-hybridized carbons (Fsp3) is 0.188. The van der Waals surface area contributed by atoms with E-state index in [4.69, 9.17) is 5.73 Å². The molecule has 1 heterocycles. The molecule has 0 saturated carbocycles. The standard InChI is InChI=1S/C16H16N2OS/c1-11-5-3-6-12(2)14(11)18-16(19)15-13(7-4-9-17)8-10-20-15/h3,5-6,8,10H,9,17H2,1-2H3,(H,18,19). The number of nitrogens with two attached hydrogens (primary N) is 1. The lowest BCUT2D eigenvalue weighted by molar-refractivity contribution is 0.103. The minimum absolute atomic E-state index is 0.126. The third kappa shape index (κ3) is 3.08. The normalized spacial score (nSPS) is 9.75. The van der Waals surface area contributed by atoms with E-state index in [-0.39, 0.29) is 12.5 Å². The van der Waals surface area contributed by atoms with Crippen molar-refractivity contribution >= 4 is 22.9 Å². The van der Waals surface area contributed by atoms with Gasteiger partial charge in [-0.15, -0.1) is 11.3 Å². The van der Waals surface area contributed by atoms with Crippen LogP contribution in [0, 0.1) is 25.7 Å². The van der Waals surface area contributed by atoms with Crippen LogP contribution in [0.3, 0.4) is 0 Å². The van der Waals surface area contributed by atoms with E-state index in [0.29, 0.717) is 4.88 Å². The average molecular weight is 284 g/mol. The molecule has 0 radical (unpaired) electrons. The van der Waals surface area contributed by atoms with Gasteiger partial charge in [0.05, 0.1) is 6.54 Å². The molecule has 0 unspecified atom stereocenters. The first-order valence-electron chi connectivity index (χ1n) is 6.27. The van der Waals surface area contributed by atoms with Gasteiger partial charge in [0.2, 0.25) is 0 Å². The van der Waals surface area contributed by atoms with Gasteiger partial charge in [0.25, 0.3) is 5.91 Å². The van der Waals surface area contributed by atoms with E-state index in [1.165, 1.54) is 11.3 Å². The van der Waals surface area contributed by atoms with Crippen LogP contribution in [0.25, 0.3) is 0 Å². The number of thiophene rings is 1. The monoisotopic (exact) mass is 284 g/mol. The Hall–Kier alpha value is -2.09. The van der Waals surface area contributed by atoms with E-state index in [1.54, 1.807) is 0 Å². The first kappa shape index (κ1) is 14.3. The van der Waals surface area contributed by atoms with Crippen LogP contribution in [0.4, 0.5) is 5.69 Å². The number of aryl methyl sites for hydroxylation is 2. The quantitative estimate of drug-likeness (QED) is 0.833. The number of carbonyl (C=O) groups excluding carboxylic acids is 1. The topological polar surface area (TPSA) is 55.1 Å². The highest BCUT2D eigenvalue weighted by Gasteiger charge is 2.14. The van der Waals surface area contributed by atoms with Crippen LogP contribution in [-0.4, -0.2) is 12.5 Å². The molecule has 2 rings (SSSR count). The van der Waals surface area contributed by atoms with Crippen LogP contribution in [0.1, 0.15) is 26.4 Å². The SMILES string of the molecule is Cc1cccc(C)c1NC(=O)c1sccc1C#CCN. The van der Waals surface area contributed by atoms with Crippen LogP contribution >= 0.6 is 11.3 Å². The molecular weight excluding hydrogens is 268 g/mol. The van der Waals surface area contributed by atoms with Crippen LogP contribution < -0.4 is 11.1 Å². The molecule has 0 spiro atoms. The van der Waals surface area contributed by atoms with Gasteiger partial charge >= 0.3 is 0 Å². The summed E-state index contributed by atoms with van der Waals surface area (Å²) in [5.41, 5.74) is 9.05. The maximum atomic E-state index is 12.4. The molecule has 0 bridgehead atoms. The minimum atomic E-state index is -0.126. The Kier molecular flexibility index (Phi) is 4.57. The first-order chi connectivity index (χ1) is 9.63. The third-order valence-corrected chi connectivity index (χ3v) is 3.83. The van der Waals surface area contributed by atoms with Crippen molar-refractivity contribution in [2.75, 3.05) is 11.9 Å². The molecule has 1 aromatic heterocycles. The van der Waals surface area contributed by atoms with Crippen LogP contribution in [0.15, 0.2) is 29.6 Å². The smallest absolute Gasteiger partial charge is 0.267 e. The highest BCUT2D eigenvalue weighted by molar-refractivity contribution is 7.12. The van der Waals surface area contributed by atoms with E-state index < -0.39 is 0 Å². The Balaban J connectivity index is 2.27.